The summed E-state index contributed by atoms with van der Waals surface area (Å²) in [7, 11) is 2.89. The van der Waals surface area contributed by atoms with Crippen molar-refractivity contribution in [2.24, 2.45) is 0 Å². The minimum Gasteiger partial charge on any atom is -0.433 e. The second kappa shape index (κ2) is 12.6. The van der Waals surface area contributed by atoms with Crippen LogP contribution in [-0.2, 0) is 9.47 Å². The van der Waals surface area contributed by atoms with Gasteiger partial charge < -0.3 is 18.9 Å². The number of benzene rings is 2. The van der Waals surface area contributed by atoms with Crippen LogP contribution in [0.2, 0.25) is 0 Å². The van der Waals surface area contributed by atoms with Crippen molar-refractivity contribution < 1.29 is 33.5 Å². The molecular weight excluding hydrogens is 434 g/mol. The molecule has 0 aliphatic heterocycles. The maximum atomic E-state index is 11.5. The van der Waals surface area contributed by atoms with Gasteiger partial charge in [-0.2, -0.15) is 0 Å². The highest BCUT2D eigenvalue weighted by Gasteiger charge is 2.09. The van der Waals surface area contributed by atoms with Crippen LogP contribution in [0.5, 0.6) is 11.5 Å². The van der Waals surface area contributed by atoms with Gasteiger partial charge in [0.15, 0.2) is 0 Å². The number of nitro groups is 1. The van der Waals surface area contributed by atoms with E-state index in [1.807, 2.05) is 19.1 Å². The molecule has 0 saturated heterocycles. The molecule has 0 atom stereocenters. The summed E-state index contributed by atoms with van der Waals surface area (Å²) in [6.45, 7) is 2.25. The van der Waals surface area contributed by atoms with Gasteiger partial charge in [-0.25, -0.2) is 9.59 Å². The summed E-state index contributed by atoms with van der Waals surface area (Å²) in [4.78, 5) is 33.1. The summed E-state index contributed by atoms with van der Waals surface area (Å²) in [6, 6.07) is 12.1. The van der Waals surface area contributed by atoms with E-state index < -0.39 is 17.2 Å². The monoisotopic (exact) mass is 453 g/mol. The van der Waals surface area contributed by atoms with E-state index in [-0.39, 0.29) is 24.7 Å². The minimum atomic E-state index is -0.892. The first-order valence-electron chi connectivity index (χ1n) is 8.69. The van der Waals surface area contributed by atoms with Crippen LogP contribution in [0.25, 0.3) is 0 Å². The Morgan fingerprint density at radius 3 is 1.70 bits per heavy atom. The Morgan fingerprint density at radius 1 is 0.833 bits per heavy atom. The second-order valence-electron chi connectivity index (χ2n) is 5.61. The van der Waals surface area contributed by atoms with Crippen LogP contribution in [0.4, 0.5) is 15.3 Å². The van der Waals surface area contributed by atoms with Gasteiger partial charge in [-0.1, -0.05) is 39.3 Å². The van der Waals surface area contributed by atoms with E-state index in [1.54, 1.807) is 12.1 Å². The predicted octanol–water partition coefficient (Wildman–Crippen LogP) is 5.02. The Hall–Kier alpha value is -2.92. The molecule has 0 aliphatic rings. The predicted molar refractivity (Wildman–Crippen MR) is 113 cm³/mol. The van der Waals surface area contributed by atoms with Gasteiger partial charge in [0.05, 0.1) is 4.92 Å². The smallest absolute Gasteiger partial charge is 0.433 e. The van der Waals surface area contributed by atoms with Crippen LogP contribution >= 0.6 is 21.6 Å². The lowest BCUT2D eigenvalue weighted by Gasteiger charge is -2.07. The molecule has 0 fully saturated rings. The third-order valence-electron chi connectivity index (χ3n) is 3.33. The highest BCUT2D eigenvalue weighted by atomic mass is 33.1. The van der Waals surface area contributed by atoms with E-state index in [0.717, 1.165) is 5.56 Å². The SMILES string of the molecule is Cc1ccc(OC(=O)OCCSSCCOC(=O)Oc2ccc([N+](=O)[O-])cc2)cc1. The standard InChI is InChI=1S/C19H19NO8S2/c1-14-2-6-16(7-3-14)27-18(21)25-10-12-29-30-13-11-26-19(22)28-17-8-4-15(5-9-17)20(23)24/h2-9H,10-13H2,1H3. The van der Waals surface area contributed by atoms with Crippen molar-refractivity contribution in [3.8, 4) is 11.5 Å². The number of nitro benzene ring substituents is 1. The van der Waals surface area contributed by atoms with Crippen molar-refractivity contribution in [3.63, 3.8) is 0 Å². The lowest BCUT2D eigenvalue weighted by Crippen LogP contribution is -2.13. The molecule has 160 valence electrons. The first-order valence-corrected chi connectivity index (χ1v) is 11.2. The fraction of sp³-hybridized carbons (Fsp3) is 0.263. The number of non-ortho nitro benzene ring substituents is 1. The van der Waals surface area contributed by atoms with Gasteiger partial charge in [0.1, 0.15) is 24.7 Å². The molecule has 0 saturated carbocycles. The Labute approximate surface area is 180 Å². The van der Waals surface area contributed by atoms with Crippen molar-refractivity contribution in [1.82, 2.24) is 0 Å². The number of nitrogens with zero attached hydrogens (tertiary/aromatic N) is 1. The van der Waals surface area contributed by atoms with Crippen molar-refractivity contribution in [3.05, 3.63) is 64.2 Å². The molecule has 0 radical (unpaired) electrons. The molecule has 0 N–H and O–H groups in total. The van der Waals surface area contributed by atoms with Gasteiger partial charge >= 0.3 is 12.3 Å². The number of aryl methyl sites for hydroxylation is 1. The number of ether oxygens (including phenoxy) is 4. The summed E-state index contributed by atoms with van der Waals surface area (Å²) in [5.74, 6) is 1.63. The van der Waals surface area contributed by atoms with Gasteiger partial charge in [-0.15, -0.1) is 0 Å². The Balaban J connectivity index is 1.48. The zero-order valence-electron chi connectivity index (χ0n) is 16.0. The zero-order chi connectivity index (χ0) is 21.8. The van der Waals surface area contributed by atoms with E-state index in [1.165, 1.54) is 45.9 Å². The maximum Gasteiger partial charge on any atom is 0.513 e. The second-order valence-corrected chi connectivity index (χ2v) is 8.31. The van der Waals surface area contributed by atoms with E-state index in [0.29, 0.717) is 17.3 Å². The highest BCUT2D eigenvalue weighted by molar-refractivity contribution is 8.76. The normalized spacial score (nSPS) is 10.2. The van der Waals surface area contributed by atoms with E-state index in [9.17, 15) is 19.7 Å². The van der Waals surface area contributed by atoms with Crippen molar-refractivity contribution in [2.45, 2.75) is 6.92 Å². The summed E-state index contributed by atoms with van der Waals surface area (Å²) < 4.78 is 19.8. The van der Waals surface area contributed by atoms with Gasteiger partial charge in [0, 0.05) is 23.6 Å². The van der Waals surface area contributed by atoms with Crippen molar-refractivity contribution >= 4 is 39.6 Å². The summed E-state index contributed by atoms with van der Waals surface area (Å²) >= 11 is 0. The fourth-order valence-electron chi connectivity index (χ4n) is 1.93. The molecule has 0 aromatic heterocycles. The number of hydrogen-bond donors (Lipinski definition) is 0. The average molecular weight is 453 g/mol. The van der Waals surface area contributed by atoms with E-state index >= 15 is 0 Å². The number of rotatable bonds is 10. The lowest BCUT2D eigenvalue weighted by molar-refractivity contribution is -0.384. The molecule has 0 amide bonds. The van der Waals surface area contributed by atoms with Crippen molar-refractivity contribution in [2.75, 3.05) is 24.7 Å². The highest BCUT2D eigenvalue weighted by Crippen LogP contribution is 2.21. The average Bonchev–Trinajstić information content (AvgIpc) is 2.72. The molecule has 0 aliphatic carbocycles. The fourth-order valence-corrected chi connectivity index (χ4v) is 3.58. The topological polar surface area (TPSA) is 114 Å². The summed E-state index contributed by atoms with van der Waals surface area (Å²) in [5, 5.41) is 10.6. The first kappa shape index (κ1) is 23.4. The first-order chi connectivity index (χ1) is 14.4. The molecule has 11 heteroatoms. The van der Waals surface area contributed by atoms with Crippen LogP contribution in [0.15, 0.2) is 48.5 Å². The van der Waals surface area contributed by atoms with Gasteiger partial charge in [0.25, 0.3) is 5.69 Å². The molecule has 9 nitrogen and oxygen atoms in total. The molecule has 0 bridgehead atoms. The molecular formula is C19H19NO8S2. The van der Waals surface area contributed by atoms with E-state index in [4.69, 9.17) is 18.9 Å². The van der Waals surface area contributed by atoms with Crippen LogP contribution in [-0.4, -0.2) is 42.0 Å². The Bertz CT molecular complexity index is 843. The molecule has 0 heterocycles. The Kier molecular flexibility index (Phi) is 9.81. The quantitative estimate of drug-likeness (QED) is 0.121. The minimum absolute atomic E-state index is 0.100. The van der Waals surface area contributed by atoms with Gasteiger partial charge in [0.2, 0.25) is 0 Å². The lowest BCUT2D eigenvalue weighted by atomic mass is 10.2. The largest absolute Gasteiger partial charge is 0.513 e. The summed E-state index contributed by atoms with van der Waals surface area (Å²) in [6.07, 6.45) is -1.65. The third kappa shape index (κ3) is 9.05. The number of hydrogen-bond acceptors (Lipinski definition) is 10. The summed E-state index contributed by atoms with van der Waals surface area (Å²) in [5.41, 5.74) is 0.962. The molecule has 30 heavy (non-hydrogen) atoms. The third-order valence-corrected chi connectivity index (χ3v) is 5.66. The van der Waals surface area contributed by atoms with Crippen LogP contribution in [0.1, 0.15) is 5.56 Å². The maximum absolute atomic E-state index is 11.5. The van der Waals surface area contributed by atoms with Crippen LogP contribution in [0, 0.1) is 17.0 Å². The van der Waals surface area contributed by atoms with Crippen molar-refractivity contribution in [1.29, 1.82) is 0 Å². The molecule has 2 aromatic carbocycles. The molecule has 0 spiro atoms. The van der Waals surface area contributed by atoms with Gasteiger partial charge in [-0.05, 0) is 31.2 Å². The molecule has 2 rings (SSSR count). The number of carbonyl (C=O) groups is 2. The van der Waals surface area contributed by atoms with Crippen LogP contribution < -0.4 is 9.47 Å². The van der Waals surface area contributed by atoms with Crippen LogP contribution in [0.3, 0.4) is 0 Å². The zero-order valence-corrected chi connectivity index (χ0v) is 17.6. The van der Waals surface area contributed by atoms with E-state index in [2.05, 4.69) is 0 Å². The van der Waals surface area contributed by atoms with Gasteiger partial charge in [-0.3, -0.25) is 10.1 Å². The molecule has 2 aromatic rings. The number of carbonyl (C=O) groups excluding carboxylic acids is 2. The molecule has 0 unspecified atom stereocenters. The Morgan fingerprint density at radius 2 is 1.27 bits per heavy atom.